The zero-order valence-corrected chi connectivity index (χ0v) is 7.57. The molecule has 10 heavy (non-hydrogen) atoms. The lowest BCUT2D eigenvalue weighted by Crippen LogP contribution is -2.36. The van der Waals surface area contributed by atoms with Crippen LogP contribution in [0.1, 0.15) is 6.42 Å². The SMILES string of the molecule is SCC(S)NC1CCOC1. The summed E-state index contributed by atoms with van der Waals surface area (Å²) < 4.78 is 5.18. The van der Waals surface area contributed by atoms with Crippen LogP contribution in [0.25, 0.3) is 0 Å². The monoisotopic (exact) mass is 179 g/mol. The summed E-state index contributed by atoms with van der Waals surface area (Å²) in [6.45, 7) is 1.70. The first kappa shape index (κ1) is 8.71. The Morgan fingerprint density at radius 3 is 3.00 bits per heavy atom. The Morgan fingerprint density at radius 2 is 2.50 bits per heavy atom. The van der Waals surface area contributed by atoms with Crippen molar-refractivity contribution in [2.45, 2.75) is 17.8 Å². The lowest BCUT2D eigenvalue weighted by Gasteiger charge is -2.14. The van der Waals surface area contributed by atoms with Crippen LogP contribution in [-0.2, 0) is 4.74 Å². The molecule has 0 aromatic heterocycles. The summed E-state index contributed by atoms with van der Waals surface area (Å²) in [5.74, 6) is 0.764. The number of rotatable bonds is 3. The second-order valence-corrected chi connectivity index (χ2v) is 3.41. The minimum Gasteiger partial charge on any atom is -0.380 e. The second kappa shape index (κ2) is 4.49. The summed E-state index contributed by atoms with van der Waals surface area (Å²) in [6.07, 6.45) is 1.10. The third-order valence-corrected chi connectivity index (χ3v) is 2.52. The van der Waals surface area contributed by atoms with Gasteiger partial charge in [0, 0.05) is 18.4 Å². The van der Waals surface area contributed by atoms with E-state index in [-0.39, 0.29) is 5.37 Å². The number of nitrogens with one attached hydrogen (secondary N) is 1. The number of hydrogen-bond acceptors (Lipinski definition) is 4. The van der Waals surface area contributed by atoms with Gasteiger partial charge in [-0.25, -0.2) is 0 Å². The van der Waals surface area contributed by atoms with Gasteiger partial charge in [-0.3, -0.25) is 5.32 Å². The van der Waals surface area contributed by atoms with Crippen molar-refractivity contribution in [1.29, 1.82) is 0 Å². The van der Waals surface area contributed by atoms with E-state index in [4.69, 9.17) is 4.74 Å². The van der Waals surface area contributed by atoms with E-state index in [1.54, 1.807) is 0 Å². The number of thiol groups is 2. The molecular weight excluding hydrogens is 166 g/mol. The van der Waals surface area contributed by atoms with Crippen LogP contribution in [0.3, 0.4) is 0 Å². The van der Waals surface area contributed by atoms with Crippen molar-refractivity contribution in [2.75, 3.05) is 19.0 Å². The van der Waals surface area contributed by atoms with E-state index in [0.717, 1.165) is 25.4 Å². The molecule has 2 unspecified atom stereocenters. The highest BCUT2D eigenvalue weighted by atomic mass is 32.1. The van der Waals surface area contributed by atoms with Gasteiger partial charge in [-0.2, -0.15) is 25.3 Å². The molecule has 60 valence electrons. The molecule has 1 aliphatic rings. The van der Waals surface area contributed by atoms with Crippen molar-refractivity contribution in [2.24, 2.45) is 0 Å². The Kier molecular flexibility index (Phi) is 3.91. The lowest BCUT2D eigenvalue weighted by molar-refractivity contribution is 0.190. The maximum Gasteiger partial charge on any atom is 0.0620 e. The maximum atomic E-state index is 5.18. The van der Waals surface area contributed by atoms with Crippen LogP contribution in [0, 0.1) is 0 Å². The molecule has 2 nitrogen and oxygen atoms in total. The van der Waals surface area contributed by atoms with Crippen LogP contribution < -0.4 is 5.32 Å². The third kappa shape index (κ3) is 2.70. The summed E-state index contributed by atoms with van der Waals surface area (Å²) in [4.78, 5) is 0. The highest BCUT2D eigenvalue weighted by molar-refractivity contribution is 7.84. The summed E-state index contributed by atoms with van der Waals surface area (Å²) in [7, 11) is 0. The van der Waals surface area contributed by atoms with E-state index >= 15 is 0 Å². The van der Waals surface area contributed by atoms with Gasteiger partial charge in [0.05, 0.1) is 12.0 Å². The van der Waals surface area contributed by atoms with E-state index < -0.39 is 0 Å². The molecule has 0 aromatic rings. The smallest absolute Gasteiger partial charge is 0.0620 e. The van der Waals surface area contributed by atoms with E-state index in [9.17, 15) is 0 Å². The fourth-order valence-electron chi connectivity index (χ4n) is 0.991. The summed E-state index contributed by atoms with van der Waals surface area (Å²) in [5.41, 5.74) is 0. The molecule has 2 atom stereocenters. The van der Waals surface area contributed by atoms with Gasteiger partial charge < -0.3 is 4.74 Å². The average molecular weight is 179 g/mol. The first-order valence-corrected chi connectivity index (χ1v) is 4.60. The molecule has 0 saturated carbocycles. The van der Waals surface area contributed by atoms with Crippen LogP contribution in [0.4, 0.5) is 0 Å². The van der Waals surface area contributed by atoms with E-state index in [0.29, 0.717) is 6.04 Å². The Bertz CT molecular complexity index is 95.7. The number of hydrogen-bond donors (Lipinski definition) is 3. The molecule has 0 amide bonds. The molecule has 0 aromatic carbocycles. The molecule has 0 radical (unpaired) electrons. The van der Waals surface area contributed by atoms with Gasteiger partial charge in [-0.05, 0) is 6.42 Å². The largest absolute Gasteiger partial charge is 0.380 e. The van der Waals surface area contributed by atoms with E-state index in [1.807, 2.05) is 0 Å². The Labute approximate surface area is 72.5 Å². The van der Waals surface area contributed by atoms with Gasteiger partial charge >= 0.3 is 0 Å². The van der Waals surface area contributed by atoms with Crippen LogP contribution >= 0.6 is 25.3 Å². The normalized spacial score (nSPS) is 28.8. The molecule has 4 heteroatoms. The van der Waals surface area contributed by atoms with Crippen molar-refractivity contribution in [3.8, 4) is 0 Å². The summed E-state index contributed by atoms with van der Waals surface area (Å²) in [6, 6.07) is 0.495. The Morgan fingerprint density at radius 1 is 1.70 bits per heavy atom. The molecule has 1 rings (SSSR count). The van der Waals surface area contributed by atoms with Gasteiger partial charge in [0.2, 0.25) is 0 Å². The Hall–Kier alpha value is 0.620. The Balaban J connectivity index is 2.11. The fraction of sp³-hybridized carbons (Fsp3) is 1.00. The maximum absolute atomic E-state index is 5.18. The standard InChI is InChI=1S/C6H13NOS2/c9-4-6(10)7-5-1-2-8-3-5/h5-7,9-10H,1-4H2. The minimum atomic E-state index is 0.204. The molecule has 1 N–H and O–H groups in total. The van der Waals surface area contributed by atoms with Crippen LogP contribution in [-0.4, -0.2) is 30.4 Å². The van der Waals surface area contributed by atoms with Crippen molar-refractivity contribution in [1.82, 2.24) is 5.32 Å². The summed E-state index contributed by atoms with van der Waals surface area (Å²) >= 11 is 8.37. The van der Waals surface area contributed by atoms with Gasteiger partial charge in [0.15, 0.2) is 0 Å². The highest BCUT2D eigenvalue weighted by Crippen LogP contribution is 2.05. The zero-order valence-electron chi connectivity index (χ0n) is 5.79. The minimum absolute atomic E-state index is 0.204. The molecule has 1 aliphatic heterocycles. The molecule has 1 heterocycles. The molecule has 0 spiro atoms. The van der Waals surface area contributed by atoms with Gasteiger partial charge in [-0.15, -0.1) is 0 Å². The van der Waals surface area contributed by atoms with E-state index in [1.165, 1.54) is 0 Å². The first-order chi connectivity index (χ1) is 4.83. The molecule has 1 fully saturated rings. The molecule has 1 saturated heterocycles. The van der Waals surface area contributed by atoms with E-state index in [2.05, 4.69) is 30.6 Å². The van der Waals surface area contributed by atoms with Crippen molar-refractivity contribution in [3.63, 3.8) is 0 Å². The fourth-order valence-corrected chi connectivity index (χ4v) is 1.31. The van der Waals surface area contributed by atoms with Crippen molar-refractivity contribution in [3.05, 3.63) is 0 Å². The second-order valence-electron chi connectivity index (χ2n) is 2.43. The lowest BCUT2D eigenvalue weighted by atomic mass is 10.3. The van der Waals surface area contributed by atoms with Crippen LogP contribution in [0.15, 0.2) is 0 Å². The van der Waals surface area contributed by atoms with Gasteiger partial charge in [0.1, 0.15) is 0 Å². The third-order valence-electron chi connectivity index (χ3n) is 1.53. The van der Waals surface area contributed by atoms with Crippen molar-refractivity contribution < 1.29 is 4.74 Å². The molecule has 0 bridgehead atoms. The average Bonchev–Trinajstić information content (AvgIpc) is 2.40. The van der Waals surface area contributed by atoms with Crippen molar-refractivity contribution >= 4 is 25.3 Å². The first-order valence-electron chi connectivity index (χ1n) is 3.45. The molecule has 0 aliphatic carbocycles. The van der Waals surface area contributed by atoms with Gasteiger partial charge in [-0.1, -0.05) is 0 Å². The van der Waals surface area contributed by atoms with Gasteiger partial charge in [0.25, 0.3) is 0 Å². The predicted octanol–water partition coefficient (Wildman–Crippen LogP) is 0.551. The van der Waals surface area contributed by atoms with Crippen LogP contribution in [0.5, 0.6) is 0 Å². The predicted molar refractivity (Wildman–Crippen MR) is 49.0 cm³/mol. The number of ether oxygens (including phenoxy) is 1. The topological polar surface area (TPSA) is 21.3 Å². The molecular formula is C6H13NOS2. The zero-order chi connectivity index (χ0) is 7.40. The van der Waals surface area contributed by atoms with Crippen LogP contribution in [0.2, 0.25) is 0 Å². The quantitative estimate of drug-likeness (QED) is 0.435. The summed E-state index contributed by atoms with van der Waals surface area (Å²) in [5, 5.41) is 3.50. The highest BCUT2D eigenvalue weighted by Gasteiger charge is 2.16.